The molecule has 0 amide bonds. The molecule has 5 aromatic rings. The number of nitrogens with one attached hydrogen (secondary N) is 1. The zero-order valence-corrected chi connectivity index (χ0v) is 18.8. The molecule has 0 bridgehead atoms. The van der Waals surface area contributed by atoms with Crippen LogP contribution in [-0.4, -0.2) is 15.8 Å². The van der Waals surface area contributed by atoms with Crippen molar-refractivity contribution in [3.8, 4) is 33.5 Å². The topological polar surface area (TPSA) is 90.5 Å². The van der Waals surface area contributed by atoms with E-state index in [1.165, 1.54) is 0 Å². The van der Waals surface area contributed by atoms with Crippen molar-refractivity contribution in [3.63, 3.8) is 0 Å². The molecule has 5 rings (SSSR count). The van der Waals surface area contributed by atoms with Crippen molar-refractivity contribution in [2.45, 2.75) is 13.5 Å². The number of carbonyl (C=O) groups excluding carboxylic acids is 1. The molecule has 0 radical (unpaired) electrons. The first-order chi connectivity index (χ1) is 16.5. The highest BCUT2D eigenvalue weighted by molar-refractivity contribution is 6.00. The minimum Gasteiger partial charge on any atom is -0.354 e. The second-order valence-electron chi connectivity index (χ2n) is 8.26. The van der Waals surface area contributed by atoms with Gasteiger partial charge in [0.2, 0.25) is 0 Å². The van der Waals surface area contributed by atoms with Gasteiger partial charge in [-0.05, 0) is 30.2 Å². The van der Waals surface area contributed by atoms with Gasteiger partial charge in [0.25, 0.3) is 5.56 Å². The Bertz CT molecular complexity index is 1570. The van der Waals surface area contributed by atoms with Gasteiger partial charge >= 0.3 is 0 Å². The standard InChI is InChI=1S/C29H23N3O2/c1-18(33)22-8-5-9-23(14-22)26-17-31-29(34)25-15-24(20-6-3-2-4-7-20)27(32-28(25)26)21-12-10-19(16-30)11-13-21/h2-15,17H,16,30H2,1H3,(H,31,34)/p+1. The summed E-state index contributed by atoms with van der Waals surface area (Å²) in [6, 6.07) is 27.5. The molecule has 5 nitrogen and oxygen atoms in total. The van der Waals surface area contributed by atoms with Crippen LogP contribution >= 0.6 is 0 Å². The number of H-pyrrole nitrogens is 1. The third-order valence-corrected chi connectivity index (χ3v) is 6.05. The molecule has 3 aromatic carbocycles. The number of carbonyl (C=O) groups is 1. The Hall–Kier alpha value is -4.35. The summed E-state index contributed by atoms with van der Waals surface area (Å²) in [7, 11) is 0. The van der Waals surface area contributed by atoms with Crippen molar-refractivity contribution in [1.82, 2.24) is 9.97 Å². The lowest BCUT2D eigenvalue weighted by Gasteiger charge is -2.14. The van der Waals surface area contributed by atoms with Crippen LogP contribution in [0.15, 0.2) is 95.9 Å². The van der Waals surface area contributed by atoms with Crippen LogP contribution in [0.25, 0.3) is 44.4 Å². The third-order valence-electron chi connectivity index (χ3n) is 6.05. The molecule has 0 unspecified atom stereocenters. The number of ketones is 1. The van der Waals surface area contributed by atoms with E-state index < -0.39 is 0 Å². The summed E-state index contributed by atoms with van der Waals surface area (Å²) in [4.78, 5) is 32.8. The lowest BCUT2D eigenvalue weighted by Crippen LogP contribution is -2.47. The average molecular weight is 447 g/mol. The molecule has 166 valence electrons. The van der Waals surface area contributed by atoms with Crippen molar-refractivity contribution >= 4 is 16.7 Å². The zero-order chi connectivity index (χ0) is 23.7. The van der Waals surface area contributed by atoms with Gasteiger partial charge in [-0.1, -0.05) is 72.8 Å². The number of aromatic nitrogens is 2. The summed E-state index contributed by atoms with van der Waals surface area (Å²) >= 11 is 0. The van der Waals surface area contributed by atoms with E-state index in [1.807, 2.05) is 66.7 Å². The van der Waals surface area contributed by atoms with Crippen LogP contribution < -0.4 is 11.3 Å². The molecular weight excluding hydrogens is 422 g/mol. The summed E-state index contributed by atoms with van der Waals surface area (Å²) in [5.41, 5.74) is 11.3. The zero-order valence-electron chi connectivity index (χ0n) is 18.8. The number of benzene rings is 3. The van der Waals surface area contributed by atoms with E-state index >= 15 is 0 Å². The van der Waals surface area contributed by atoms with Gasteiger partial charge in [-0.25, -0.2) is 4.98 Å². The molecule has 0 aliphatic carbocycles. The molecule has 0 atom stereocenters. The fraction of sp³-hybridized carbons (Fsp3) is 0.0690. The molecular formula is C29H24N3O2+. The van der Waals surface area contributed by atoms with E-state index in [9.17, 15) is 9.59 Å². The van der Waals surface area contributed by atoms with Crippen molar-refractivity contribution in [1.29, 1.82) is 0 Å². The highest BCUT2D eigenvalue weighted by Gasteiger charge is 2.17. The molecule has 5 heteroatoms. The Kier molecular flexibility index (Phi) is 5.62. The van der Waals surface area contributed by atoms with Crippen molar-refractivity contribution in [3.05, 3.63) is 113 Å². The van der Waals surface area contributed by atoms with E-state index in [0.717, 1.165) is 39.1 Å². The third kappa shape index (κ3) is 3.93. The second-order valence-corrected chi connectivity index (χ2v) is 8.26. The van der Waals surface area contributed by atoms with Gasteiger partial charge in [0.05, 0.1) is 23.1 Å². The lowest BCUT2D eigenvalue weighted by atomic mass is 9.95. The van der Waals surface area contributed by atoms with Gasteiger partial charge in [-0.2, -0.15) is 0 Å². The van der Waals surface area contributed by atoms with Gasteiger partial charge < -0.3 is 10.7 Å². The summed E-state index contributed by atoms with van der Waals surface area (Å²) in [6.45, 7) is 2.26. The number of hydrogen-bond acceptors (Lipinski definition) is 3. The number of pyridine rings is 2. The Balaban J connectivity index is 1.83. The first-order valence-electron chi connectivity index (χ1n) is 11.2. The second kappa shape index (κ2) is 8.89. The van der Waals surface area contributed by atoms with Crippen LogP contribution in [0.4, 0.5) is 0 Å². The van der Waals surface area contributed by atoms with Crippen LogP contribution in [-0.2, 0) is 6.54 Å². The van der Waals surface area contributed by atoms with E-state index in [4.69, 9.17) is 4.98 Å². The van der Waals surface area contributed by atoms with E-state index in [2.05, 4.69) is 22.9 Å². The number of quaternary nitrogens is 1. The number of Topliss-reactive ketones (excluding diaryl/α,β-unsaturated/α-hetero) is 1. The van der Waals surface area contributed by atoms with Crippen molar-refractivity contribution in [2.75, 3.05) is 0 Å². The summed E-state index contributed by atoms with van der Waals surface area (Å²) in [6.07, 6.45) is 1.68. The number of fused-ring (bicyclic) bond motifs is 1. The van der Waals surface area contributed by atoms with Gasteiger partial charge in [0, 0.05) is 34.0 Å². The molecule has 0 saturated carbocycles. The van der Waals surface area contributed by atoms with Crippen molar-refractivity contribution < 1.29 is 10.5 Å². The smallest absolute Gasteiger partial charge is 0.257 e. The number of aromatic amines is 1. The molecule has 2 aromatic heterocycles. The van der Waals surface area contributed by atoms with Gasteiger partial charge in [0.15, 0.2) is 5.78 Å². The fourth-order valence-corrected chi connectivity index (χ4v) is 4.19. The number of nitrogens with zero attached hydrogens (tertiary/aromatic N) is 1. The Morgan fingerprint density at radius 1 is 0.853 bits per heavy atom. The van der Waals surface area contributed by atoms with E-state index in [0.29, 0.717) is 23.0 Å². The largest absolute Gasteiger partial charge is 0.354 e. The molecule has 4 N–H and O–H groups in total. The van der Waals surface area contributed by atoms with Gasteiger partial charge in [-0.15, -0.1) is 0 Å². The van der Waals surface area contributed by atoms with Gasteiger partial charge in [-0.3, -0.25) is 9.59 Å². The summed E-state index contributed by atoms with van der Waals surface area (Å²) in [5.74, 6) is -0.0129. The Morgan fingerprint density at radius 2 is 1.59 bits per heavy atom. The van der Waals surface area contributed by atoms with Crippen molar-refractivity contribution in [2.24, 2.45) is 0 Å². The predicted molar refractivity (Wildman–Crippen MR) is 135 cm³/mol. The van der Waals surface area contributed by atoms with E-state index in [1.54, 1.807) is 19.2 Å². The summed E-state index contributed by atoms with van der Waals surface area (Å²) in [5, 5.41) is 0.503. The molecule has 0 aliphatic rings. The van der Waals surface area contributed by atoms with Crippen LogP contribution in [0.3, 0.4) is 0 Å². The fourth-order valence-electron chi connectivity index (χ4n) is 4.19. The average Bonchev–Trinajstić information content (AvgIpc) is 2.89. The normalized spacial score (nSPS) is 11.0. The predicted octanol–water partition coefficient (Wildman–Crippen LogP) is 4.87. The highest BCUT2D eigenvalue weighted by atomic mass is 16.1. The first kappa shape index (κ1) is 21.5. The van der Waals surface area contributed by atoms with Gasteiger partial charge in [0.1, 0.15) is 0 Å². The maximum Gasteiger partial charge on any atom is 0.257 e. The SMILES string of the molecule is CC(=O)c1cccc(-c2c[nH]c(=O)c3cc(-c4ccccc4)c(-c4ccc(C[NH3+])cc4)nc23)c1. The Labute approximate surface area is 196 Å². The minimum atomic E-state index is -0.204. The molecule has 2 heterocycles. The maximum absolute atomic E-state index is 12.9. The first-order valence-corrected chi connectivity index (χ1v) is 11.2. The molecule has 0 spiro atoms. The van der Waals surface area contributed by atoms with Crippen LogP contribution in [0, 0.1) is 0 Å². The Morgan fingerprint density at radius 3 is 2.29 bits per heavy atom. The highest BCUT2D eigenvalue weighted by Crippen LogP contribution is 2.35. The maximum atomic E-state index is 12.9. The minimum absolute atomic E-state index is 0.0129. The van der Waals surface area contributed by atoms with E-state index in [-0.39, 0.29) is 11.3 Å². The lowest BCUT2D eigenvalue weighted by molar-refractivity contribution is -0.386. The molecule has 0 saturated heterocycles. The van der Waals surface area contributed by atoms with Crippen LogP contribution in [0.1, 0.15) is 22.8 Å². The van der Waals surface area contributed by atoms with Crippen LogP contribution in [0.2, 0.25) is 0 Å². The molecule has 0 aliphatic heterocycles. The summed E-state index contributed by atoms with van der Waals surface area (Å²) < 4.78 is 0. The number of hydrogen-bond donors (Lipinski definition) is 2. The quantitative estimate of drug-likeness (QED) is 0.378. The van der Waals surface area contributed by atoms with Crippen LogP contribution in [0.5, 0.6) is 0 Å². The monoisotopic (exact) mass is 446 g/mol. The molecule has 34 heavy (non-hydrogen) atoms. The number of rotatable bonds is 5. The molecule has 0 fully saturated rings.